The Morgan fingerprint density at radius 1 is 1.04 bits per heavy atom. The van der Waals surface area contributed by atoms with E-state index in [4.69, 9.17) is 16.3 Å². The number of nitrogens with two attached hydrogens (primary N) is 4. The van der Waals surface area contributed by atoms with E-state index in [0.717, 1.165) is 16.3 Å². The summed E-state index contributed by atoms with van der Waals surface area (Å²) in [7, 11) is -3.98. The van der Waals surface area contributed by atoms with Crippen LogP contribution in [0.25, 0.3) is 21.9 Å². The lowest BCUT2D eigenvalue weighted by molar-refractivity contribution is 0.597. The van der Waals surface area contributed by atoms with Gasteiger partial charge in [0.2, 0.25) is 10.0 Å². The predicted octanol–water partition coefficient (Wildman–Crippen LogP) is 0.652. The van der Waals surface area contributed by atoms with Crippen LogP contribution < -0.4 is 22.6 Å². The smallest absolute Gasteiger partial charge is 0.238 e. The molecule has 0 bridgehead atoms. The number of amidine groups is 1. The second-order valence-corrected chi connectivity index (χ2v) is 6.60. The molecule has 130 valence electrons. The van der Waals surface area contributed by atoms with E-state index >= 15 is 0 Å². The van der Waals surface area contributed by atoms with Crippen LogP contribution in [0.3, 0.4) is 0 Å². The molecule has 2 aromatic carbocycles. The molecule has 1 aromatic heterocycles. The summed E-state index contributed by atoms with van der Waals surface area (Å²) in [6, 6.07) is 12.1. The van der Waals surface area contributed by atoms with Gasteiger partial charge in [-0.25, -0.2) is 13.6 Å². The van der Waals surface area contributed by atoms with Gasteiger partial charge in [-0.05, 0) is 34.7 Å². The lowest BCUT2D eigenvalue weighted by atomic mass is 9.97. The van der Waals surface area contributed by atoms with E-state index in [9.17, 15) is 8.42 Å². The van der Waals surface area contributed by atoms with E-state index in [0.29, 0.717) is 5.56 Å². The molecule has 0 spiro atoms. The number of nitrogens with one attached hydrogen (secondary N) is 1. The molecule has 9 N–H and O–H groups in total. The Kier molecular flexibility index (Phi) is 5.45. The number of hydrazine groups is 1. The molecule has 0 atom stereocenters. The molecule has 0 amide bonds. The summed E-state index contributed by atoms with van der Waals surface area (Å²) in [6.07, 6.45) is 3.42. The van der Waals surface area contributed by atoms with Crippen LogP contribution in [0.4, 0.5) is 0 Å². The first-order valence-electron chi connectivity index (χ1n) is 7.05. The Hall–Kier alpha value is -2.85. The molecule has 1 heterocycles. The number of nitrogen functional groups attached to an aromatic ring is 1. The average molecular weight is 358 g/mol. The summed E-state index contributed by atoms with van der Waals surface area (Å²) >= 11 is 0. The maximum Gasteiger partial charge on any atom is 0.238 e. The van der Waals surface area contributed by atoms with Crippen LogP contribution >= 0.6 is 0 Å². The van der Waals surface area contributed by atoms with E-state index in [1.54, 1.807) is 24.5 Å². The Labute approximate surface area is 145 Å². The maximum absolute atomic E-state index is 11.8. The number of pyridine rings is 1. The largest absolute Gasteiger partial charge is 0.384 e. The molecule has 8 nitrogen and oxygen atoms in total. The highest BCUT2D eigenvalue weighted by Crippen LogP contribution is 2.30. The van der Waals surface area contributed by atoms with Crippen molar-refractivity contribution in [3.8, 4) is 11.1 Å². The lowest BCUT2D eigenvalue weighted by Crippen LogP contribution is -2.21. The number of benzene rings is 2. The van der Waals surface area contributed by atoms with Crippen molar-refractivity contribution in [3.63, 3.8) is 0 Å². The van der Waals surface area contributed by atoms with E-state index < -0.39 is 10.0 Å². The van der Waals surface area contributed by atoms with E-state index in [1.807, 2.05) is 24.3 Å². The zero-order chi connectivity index (χ0) is 18.6. The van der Waals surface area contributed by atoms with Crippen LogP contribution in [0.2, 0.25) is 0 Å². The van der Waals surface area contributed by atoms with Gasteiger partial charge >= 0.3 is 0 Å². The molecule has 0 aliphatic heterocycles. The van der Waals surface area contributed by atoms with Crippen LogP contribution in [-0.2, 0) is 10.0 Å². The van der Waals surface area contributed by atoms with Crippen LogP contribution in [0, 0.1) is 5.41 Å². The number of sulfonamides is 1. The highest BCUT2D eigenvalue weighted by molar-refractivity contribution is 7.89. The predicted molar refractivity (Wildman–Crippen MR) is 97.9 cm³/mol. The van der Waals surface area contributed by atoms with Crippen molar-refractivity contribution < 1.29 is 8.42 Å². The maximum atomic E-state index is 11.8. The van der Waals surface area contributed by atoms with Gasteiger partial charge in [-0.15, -0.1) is 0 Å². The van der Waals surface area contributed by atoms with Crippen molar-refractivity contribution in [2.75, 3.05) is 0 Å². The minimum absolute atomic E-state index is 0.109. The summed E-state index contributed by atoms with van der Waals surface area (Å²) in [5.74, 6) is 7.65. The van der Waals surface area contributed by atoms with Gasteiger partial charge in [-0.2, -0.15) is 0 Å². The zero-order valence-corrected chi connectivity index (χ0v) is 14.0. The molecule has 0 unspecified atom stereocenters. The molecule has 0 aliphatic rings. The highest BCUT2D eigenvalue weighted by Gasteiger charge is 2.20. The fraction of sp³-hybridized carbons (Fsp3) is 0. The van der Waals surface area contributed by atoms with Gasteiger partial charge < -0.3 is 5.73 Å². The van der Waals surface area contributed by atoms with Gasteiger partial charge in [0.25, 0.3) is 0 Å². The number of hydrogen-bond acceptors (Lipinski definition) is 6. The van der Waals surface area contributed by atoms with E-state index in [1.165, 1.54) is 6.07 Å². The van der Waals surface area contributed by atoms with Gasteiger partial charge in [0.1, 0.15) is 5.84 Å². The third-order valence-electron chi connectivity index (χ3n) is 3.55. The summed E-state index contributed by atoms with van der Waals surface area (Å²) in [5, 5.41) is 14.9. The first-order valence-corrected chi connectivity index (χ1v) is 8.60. The average Bonchev–Trinajstić information content (AvgIpc) is 2.61. The molecule has 0 saturated carbocycles. The molecular weight excluding hydrogens is 340 g/mol. The summed E-state index contributed by atoms with van der Waals surface area (Å²) in [6.45, 7) is 0. The number of hydrogen-bond donors (Lipinski definition) is 5. The third kappa shape index (κ3) is 3.80. The van der Waals surface area contributed by atoms with Crippen molar-refractivity contribution in [1.82, 2.24) is 4.98 Å². The topological polar surface area (TPSA) is 175 Å². The van der Waals surface area contributed by atoms with Crippen molar-refractivity contribution in [2.24, 2.45) is 22.6 Å². The monoisotopic (exact) mass is 358 g/mol. The summed E-state index contributed by atoms with van der Waals surface area (Å²) in [5.41, 5.74) is 7.00. The second-order valence-electron chi connectivity index (χ2n) is 5.07. The minimum Gasteiger partial charge on any atom is -0.384 e. The van der Waals surface area contributed by atoms with Crippen molar-refractivity contribution in [3.05, 3.63) is 60.4 Å². The zero-order valence-electron chi connectivity index (χ0n) is 13.2. The first-order chi connectivity index (χ1) is 11.9. The molecule has 3 rings (SSSR count). The van der Waals surface area contributed by atoms with Crippen molar-refractivity contribution in [2.45, 2.75) is 4.90 Å². The normalized spacial score (nSPS) is 10.8. The van der Waals surface area contributed by atoms with Crippen molar-refractivity contribution in [1.29, 1.82) is 5.41 Å². The van der Waals surface area contributed by atoms with Gasteiger partial charge in [0.05, 0.1) is 4.90 Å². The summed E-state index contributed by atoms with van der Waals surface area (Å²) < 4.78 is 23.5. The number of primary sulfonamides is 1. The Bertz CT molecular complexity index is 1030. The molecule has 25 heavy (non-hydrogen) atoms. The Balaban J connectivity index is 0.00000109. The van der Waals surface area contributed by atoms with Crippen LogP contribution in [0.1, 0.15) is 5.56 Å². The van der Waals surface area contributed by atoms with E-state index in [-0.39, 0.29) is 16.3 Å². The third-order valence-corrected chi connectivity index (χ3v) is 4.51. The second kappa shape index (κ2) is 7.36. The quantitative estimate of drug-likeness (QED) is 0.199. The number of aromatic nitrogens is 1. The molecule has 9 heteroatoms. The molecule has 0 fully saturated rings. The molecule has 0 radical (unpaired) electrons. The van der Waals surface area contributed by atoms with Crippen molar-refractivity contribution >= 4 is 26.6 Å². The highest BCUT2D eigenvalue weighted by atomic mass is 32.2. The SMILES string of the molecule is N=C(N)c1c(-c2ccc3ccncc3c2)cccc1S(N)(=O)=O.NN. The number of nitrogens with zero attached hydrogens (tertiary/aromatic N) is 1. The van der Waals surface area contributed by atoms with Gasteiger partial charge in [0, 0.05) is 23.3 Å². The fourth-order valence-electron chi connectivity index (χ4n) is 2.54. The van der Waals surface area contributed by atoms with E-state index in [2.05, 4.69) is 16.7 Å². The van der Waals surface area contributed by atoms with Gasteiger partial charge in [-0.1, -0.05) is 24.3 Å². The molecule has 3 aromatic rings. The summed E-state index contributed by atoms with van der Waals surface area (Å²) in [4.78, 5) is 3.92. The molecular formula is C16H18N6O2S. The van der Waals surface area contributed by atoms with Crippen LogP contribution in [0.15, 0.2) is 59.8 Å². The van der Waals surface area contributed by atoms with Crippen LogP contribution in [-0.4, -0.2) is 19.2 Å². The van der Waals surface area contributed by atoms with Crippen LogP contribution in [0.5, 0.6) is 0 Å². The standard InChI is InChI=1S/C16H14N4O2S.H4N2/c17-16(18)15-13(2-1-3-14(15)23(19,21)22)11-5-4-10-6-7-20-9-12(10)8-11;1-2/h1-9H,(H3,17,18)(H2,19,21,22);1-2H2. The Morgan fingerprint density at radius 2 is 1.76 bits per heavy atom. The lowest BCUT2D eigenvalue weighted by Gasteiger charge is -2.13. The number of fused-ring (bicyclic) bond motifs is 1. The van der Waals surface area contributed by atoms with Gasteiger partial charge in [-0.3, -0.25) is 22.1 Å². The minimum atomic E-state index is -3.98. The molecule has 0 saturated heterocycles. The first kappa shape index (κ1) is 18.5. The van der Waals surface area contributed by atoms with Gasteiger partial charge in [0.15, 0.2) is 0 Å². The number of rotatable bonds is 3. The molecule has 0 aliphatic carbocycles. The Morgan fingerprint density at radius 3 is 2.40 bits per heavy atom. The fourth-order valence-corrected chi connectivity index (χ4v) is 3.31.